The summed E-state index contributed by atoms with van der Waals surface area (Å²) in [7, 11) is 0. The first-order chi connectivity index (χ1) is 24.1. The van der Waals surface area contributed by atoms with E-state index in [9.17, 15) is 40.3 Å². The summed E-state index contributed by atoms with van der Waals surface area (Å²) in [5.41, 5.74) is -0.251. The summed E-state index contributed by atoms with van der Waals surface area (Å²) < 4.78 is 107. The second-order valence-electron chi connectivity index (χ2n) is 13.1. The Labute approximate surface area is 289 Å². The number of nitrogens with zero attached hydrogens (tertiary/aromatic N) is 2. The largest absolute Gasteiger partial charge is 0.416 e. The zero-order chi connectivity index (χ0) is 36.7. The minimum Gasteiger partial charge on any atom is -0.361 e. The molecule has 2 saturated heterocycles. The van der Waals surface area contributed by atoms with E-state index in [-0.39, 0.29) is 48.9 Å². The molecule has 1 unspecified atom stereocenters. The van der Waals surface area contributed by atoms with Crippen LogP contribution in [0.1, 0.15) is 82.9 Å². The summed E-state index contributed by atoms with van der Waals surface area (Å²) in [6.07, 6.45) is -9.16. The van der Waals surface area contributed by atoms with Crippen LogP contribution < -0.4 is 0 Å². The highest BCUT2D eigenvalue weighted by atomic mass is 19.4. The van der Waals surface area contributed by atoms with Gasteiger partial charge in [0.2, 0.25) is 5.91 Å². The molecule has 0 spiro atoms. The third-order valence-electron chi connectivity index (χ3n) is 9.66. The van der Waals surface area contributed by atoms with E-state index in [0.29, 0.717) is 36.3 Å². The average molecular weight is 720 g/mol. The Balaban J connectivity index is 1.18. The van der Waals surface area contributed by atoms with E-state index in [4.69, 9.17) is 9.47 Å². The topological polar surface area (TPSA) is 74.9 Å². The lowest BCUT2D eigenvalue weighted by atomic mass is 9.89. The molecule has 14 heteroatoms. The van der Waals surface area contributed by atoms with Crippen molar-refractivity contribution >= 4 is 22.6 Å². The van der Waals surface area contributed by atoms with Gasteiger partial charge < -0.3 is 19.4 Å². The Morgan fingerprint density at radius 3 is 2.18 bits per heavy atom. The number of fused-ring (bicyclic) bond motifs is 1. The number of rotatable bonds is 8. The Bertz CT molecular complexity index is 1850. The molecule has 51 heavy (non-hydrogen) atoms. The van der Waals surface area contributed by atoms with Crippen molar-refractivity contribution in [2.75, 3.05) is 32.8 Å². The number of benzene rings is 3. The maximum absolute atomic E-state index is 13.9. The molecule has 0 aliphatic carbocycles. The van der Waals surface area contributed by atoms with Crippen LogP contribution >= 0.6 is 0 Å². The third-order valence-corrected chi connectivity index (χ3v) is 9.66. The van der Waals surface area contributed by atoms with Gasteiger partial charge in [0.25, 0.3) is 0 Å². The Hall–Kier alpha value is -4.27. The summed E-state index contributed by atoms with van der Waals surface area (Å²) in [5.74, 6) is -0.609. The van der Waals surface area contributed by atoms with Crippen LogP contribution in [-0.2, 0) is 26.6 Å². The van der Waals surface area contributed by atoms with Crippen LogP contribution in [0, 0.1) is 5.82 Å². The summed E-state index contributed by atoms with van der Waals surface area (Å²) >= 11 is 0. The third kappa shape index (κ3) is 8.13. The molecular weight excluding hydrogens is 683 g/mol. The fraction of sp³-hybridized carbons (Fsp3) is 0.405. The summed E-state index contributed by atoms with van der Waals surface area (Å²) in [6, 6.07) is 11.1. The van der Waals surface area contributed by atoms with Gasteiger partial charge in [-0.05, 0) is 98.8 Å². The van der Waals surface area contributed by atoms with Crippen molar-refractivity contribution in [2.24, 2.45) is 0 Å². The molecule has 272 valence electrons. The second-order valence-corrected chi connectivity index (χ2v) is 13.1. The first-order valence-electron chi connectivity index (χ1n) is 16.5. The van der Waals surface area contributed by atoms with Crippen LogP contribution in [0.2, 0.25) is 0 Å². The van der Waals surface area contributed by atoms with E-state index in [0.717, 1.165) is 29.3 Å². The number of aromatic amines is 1. The molecule has 0 radical (unpaired) electrons. The number of alkyl halides is 6. The van der Waals surface area contributed by atoms with E-state index in [1.807, 2.05) is 29.3 Å². The Kier molecular flexibility index (Phi) is 10.3. The van der Waals surface area contributed by atoms with Gasteiger partial charge in [0.15, 0.2) is 12.1 Å². The van der Waals surface area contributed by atoms with Gasteiger partial charge in [-0.15, -0.1) is 0 Å². The Morgan fingerprint density at radius 1 is 0.922 bits per heavy atom. The second kappa shape index (κ2) is 14.4. The van der Waals surface area contributed by atoms with Gasteiger partial charge in [-0.2, -0.15) is 26.3 Å². The number of hydrogen-bond acceptors (Lipinski definition) is 5. The molecule has 0 bridgehead atoms. The lowest BCUT2D eigenvalue weighted by Crippen LogP contribution is -2.52. The van der Waals surface area contributed by atoms with Crippen LogP contribution in [0.5, 0.6) is 0 Å². The number of ether oxygens (including phenoxy) is 2. The number of likely N-dealkylation sites (tertiary alicyclic amines) is 1. The SMILES string of the molecule is CC(=O)c1ccc2c(C3CCN(CC(=O)N4CCO[C@H](OC(C)c5cc(C(F)(F)F)cc(C(F)(F)F)c5)[C@@H]4c4ccc(F)cc4)CC3)c[nH]c2c1. The molecule has 1 amide bonds. The van der Waals surface area contributed by atoms with Crippen molar-refractivity contribution in [3.8, 4) is 0 Å². The number of piperidine rings is 1. The number of Topliss-reactive ketones (excluding diaryl/α,β-unsaturated/α-hetero) is 1. The molecule has 3 heterocycles. The maximum atomic E-state index is 13.9. The molecule has 3 atom stereocenters. The lowest BCUT2D eigenvalue weighted by Gasteiger charge is -2.43. The molecule has 2 aliphatic heterocycles. The number of carbonyl (C=O) groups is 2. The number of morpholine rings is 1. The van der Waals surface area contributed by atoms with Gasteiger partial charge in [0.05, 0.1) is 30.4 Å². The summed E-state index contributed by atoms with van der Waals surface area (Å²) in [5, 5.41) is 1.05. The highest BCUT2D eigenvalue weighted by Gasteiger charge is 2.41. The molecule has 1 N–H and O–H groups in total. The standard InChI is InChI=1S/C37H36F7N3O4/c1-21(48)25-5-8-30-31(19-45-32(30)17-25)23-9-11-46(12-10-23)20-33(49)47-13-14-50-35(34(47)24-3-6-29(38)7-4-24)51-22(2)26-15-27(36(39,40)41)18-28(16-26)37(42,43)44/h3-8,15-19,22-23,34-35,45H,9-14,20H2,1-2H3/t22?,34-,35+/m0/s1. The van der Waals surface area contributed by atoms with Gasteiger partial charge in [-0.25, -0.2) is 4.39 Å². The molecule has 4 aromatic rings. The van der Waals surface area contributed by atoms with Gasteiger partial charge in [-0.3, -0.25) is 14.5 Å². The Morgan fingerprint density at radius 2 is 1.57 bits per heavy atom. The van der Waals surface area contributed by atoms with Crippen molar-refractivity contribution in [1.29, 1.82) is 0 Å². The van der Waals surface area contributed by atoms with Gasteiger partial charge in [0.1, 0.15) is 11.9 Å². The van der Waals surface area contributed by atoms with E-state index in [1.165, 1.54) is 43.0 Å². The van der Waals surface area contributed by atoms with Crippen molar-refractivity contribution in [2.45, 2.75) is 63.4 Å². The quantitative estimate of drug-likeness (QED) is 0.146. The predicted molar refractivity (Wildman–Crippen MR) is 173 cm³/mol. The van der Waals surface area contributed by atoms with Gasteiger partial charge in [-0.1, -0.05) is 24.3 Å². The molecule has 2 fully saturated rings. The fourth-order valence-electron chi connectivity index (χ4n) is 6.92. The van der Waals surface area contributed by atoms with Crippen LogP contribution in [0.25, 0.3) is 10.9 Å². The van der Waals surface area contributed by atoms with Crippen molar-refractivity contribution in [1.82, 2.24) is 14.8 Å². The lowest BCUT2D eigenvalue weighted by molar-refractivity contribution is -0.229. The van der Waals surface area contributed by atoms with Crippen LogP contribution in [0.4, 0.5) is 30.7 Å². The predicted octanol–water partition coefficient (Wildman–Crippen LogP) is 8.43. The highest BCUT2D eigenvalue weighted by molar-refractivity contribution is 5.98. The van der Waals surface area contributed by atoms with Crippen molar-refractivity contribution < 1.29 is 49.8 Å². The number of ketones is 1. The smallest absolute Gasteiger partial charge is 0.361 e. The summed E-state index contributed by atoms with van der Waals surface area (Å²) in [4.78, 5) is 32.5. The molecule has 6 rings (SSSR count). The zero-order valence-electron chi connectivity index (χ0n) is 27.8. The van der Waals surface area contributed by atoms with E-state index in [2.05, 4.69) is 4.98 Å². The number of nitrogens with one attached hydrogen (secondary N) is 1. The minimum atomic E-state index is -5.04. The first kappa shape index (κ1) is 36.5. The number of H-pyrrole nitrogens is 1. The molecule has 1 aromatic heterocycles. The number of halogens is 7. The normalized spacial score (nSPS) is 20.1. The van der Waals surface area contributed by atoms with Crippen LogP contribution in [-0.4, -0.2) is 65.6 Å². The molecule has 2 aliphatic rings. The number of amides is 1. The minimum absolute atomic E-state index is 0.00874. The molecular formula is C37H36F7N3O4. The first-order valence-corrected chi connectivity index (χ1v) is 16.5. The van der Waals surface area contributed by atoms with Gasteiger partial charge >= 0.3 is 12.4 Å². The molecule has 7 nitrogen and oxygen atoms in total. The van der Waals surface area contributed by atoms with Crippen LogP contribution in [0.3, 0.4) is 0 Å². The molecule has 3 aromatic carbocycles. The average Bonchev–Trinajstić information content (AvgIpc) is 3.51. The number of hydrogen-bond donors (Lipinski definition) is 1. The fourth-order valence-corrected chi connectivity index (χ4v) is 6.92. The monoisotopic (exact) mass is 719 g/mol. The maximum Gasteiger partial charge on any atom is 0.416 e. The number of carbonyl (C=O) groups excluding carboxylic acids is 2. The van der Waals surface area contributed by atoms with E-state index < -0.39 is 47.7 Å². The van der Waals surface area contributed by atoms with Gasteiger partial charge in [0, 0.05) is 29.2 Å². The van der Waals surface area contributed by atoms with E-state index in [1.54, 1.807) is 0 Å². The number of aromatic nitrogens is 1. The van der Waals surface area contributed by atoms with Crippen molar-refractivity contribution in [3.63, 3.8) is 0 Å². The summed E-state index contributed by atoms with van der Waals surface area (Å²) in [6.45, 7) is 4.23. The molecule has 0 saturated carbocycles. The highest BCUT2D eigenvalue weighted by Crippen LogP contribution is 2.40. The van der Waals surface area contributed by atoms with Crippen LogP contribution in [0.15, 0.2) is 66.9 Å². The van der Waals surface area contributed by atoms with Crippen molar-refractivity contribution in [3.05, 3.63) is 106 Å². The van der Waals surface area contributed by atoms with E-state index >= 15 is 0 Å². The zero-order valence-corrected chi connectivity index (χ0v) is 27.8.